The zero-order valence-corrected chi connectivity index (χ0v) is 29.7. The lowest BCUT2D eigenvalue weighted by molar-refractivity contribution is 0.530. The van der Waals surface area contributed by atoms with E-state index in [9.17, 15) is 0 Å². The van der Waals surface area contributed by atoms with Gasteiger partial charge in [0.25, 0.3) is 0 Å². The van der Waals surface area contributed by atoms with Gasteiger partial charge in [-0.3, -0.25) is 0 Å². The second kappa shape index (κ2) is 20.7. The van der Waals surface area contributed by atoms with Crippen molar-refractivity contribution in [2.45, 2.75) is 136 Å². The Kier molecular flexibility index (Phi) is 16.0. The molecule has 0 aliphatic rings. The Bertz CT molecular complexity index is 1320. The summed E-state index contributed by atoms with van der Waals surface area (Å²) in [6, 6.07) is 30.7. The number of unbranched alkanes of at least 4 members (excludes halogenated alkanes) is 14. The molecule has 252 valence electrons. The van der Waals surface area contributed by atoms with Crippen LogP contribution in [0.4, 0.5) is 11.4 Å². The largest absolute Gasteiger partial charge is 0.399 e. The van der Waals surface area contributed by atoms with Crippen molar-refractivity contribution >= 4 is 11.4 Å². The average molecular weight is 631 g/mol. The van der Waals surface area contributed by atoms with Gasteiger partial charge >= 0.3 is 0 Å². The third kappa shape index (κ3) is 14.0. The van der Waals surface area contributed by atoms with Crippen molar-refractivity contribution < 1.29 is 0 Å². The van der Waals surface area contributed by atoms with Crippen molar-refractivity contribution in [3.05, 3.63) is 129 Å². The summed E-state index contributed by atoms with van der Waals surface area (Å²) in [6.45, 7) is 4.51. The number of rotatable bonds is 22. The van der Waals surface area contributed by atoms with Crippen molar-refractivity contribution in [1.29, 1.82) is 0 Å². The molecule has 4 rings (SSSR count). The van der Waals surface area contributed by atoms with Crippen molar-refractivity contribution in [2.75, 3.05) is 11.5 Å². The number of hydrogen-bond donors (Lipinski definition) is 2. The highest BCUT2D eigenvalue weighted by Crippen LogP contribution is 2.21. The van der Waals surface area contributed by atoms with Crippen molar-refractivity contribution in [3.63, 3.8) is 0 Å². The molecule has 0 spiro atoms. The predicted octanol–water partition coefficient (Wildman–Crippen LogP) is 12.3. The van der Waals surface area contributed by atoms with Gasteiger partial charge in [-0.05, 0) is 121 Å². The van der Waals surface area contributed by atoms with Crippen molar-refractivity contribution in [1.82, 2.24) is 0 Å². The van der Waals surface area contributed by atoms with E-state index in [4.69, 9.17) is 11.5 Å². The Morgan fingerprint density at radius 3 is 0.915 bits per heavy atom. The zero-order chi connectivity index (χ0) is 33.1. The van der Waals surface area contributed by atoms with E-state index in [0.717, 1.165) is 24.2 Å². The monoisotopic (exact) mass is 630 g/mol. The van der Waals surface area contributed by atoms with E-state index < -0.39 is 0 Å². The van der Waals surface area contributed by atoms with Gasteiger partial charge in [-0.1, -0.05) is 144 Å². The van der Waals surface area contributed by atoms with Crippen LogP contribution in [-0.2, 0) is 25.7 Å². The molecule has 4 aromatic rings. The quantitative estimate of drug-likeness (QED) is 0.0670. The van der Waals surface area contributed by atoms with E-state index in [-0.39, 0.29) is 0 Å². The first-order valence-electron chi connectivity index (χ1n) is 18.8. The van der Waals surface area contributed by atoms with E-state index >= 15 is 0 Å². The fraction of sp³-hybridized carbons (Fsp3) is 0.467. The fourth-order valence-corrected chi connectivity index (χ4v) is 6.89. The Hall–Kier alpha value is -3.52. The van der Waals surface area contributed by atoms with E-state index in [0.29, 0.717) is 0 Å². The maximum absolute atomic E-state index is 5.83. The molecule has 0 aliphatic carbocycles. The molecule has 0 amide bonds. The van der Waals surface area contributed by atoms with Gasteiger partial charge in [0.1, 0.15) is 0 Å². The number of benzene rings is 4. The molecule has 47 heavy (non-hydrogen) atoms. The molecule has 2 heteroatoms. The Labute approximate surface area is 287 Å². The number of anilines is 2. The lowest BCUT2D eigenvalue weighted by atomic mass is 9.96. The average Bonchev–Trinajstić information content (AvgIpc) is 3.07. The van der Waals surface area contributed by atoms with Gasteiger partial charge in [-0.2, -0.15) is 0 Å². The van der Waals surface area contributed by atoms with Gasteiger partial charge in [0.05, 0.1) is 0 Å². The predicted molar refractivity (Wildman–Crippen MR) is 206 cm³/mol. The molecule has 0 radical (unpaired) electrons. The lowest BCUT2D eigenvalue weighted by Crippen LogP contribution is -1.95. The Morgan fingerprint density at radius 1 is 0.340 bits per heavy atom. The molecule has 0 atom stereocenters. The van der Waals surface area contributed by atoms with Gasteiger partial charge in [0.2, 0.25) is 0 Å². The van der Waals surface area contributed by atoms with Gasteiger partial charge < -0.3 is 11.5 Å². The summed E-state index contributed by atoms with van der Waals surface area (Å²) in [5.74, 6) is 0. The standard InChI is InChI=1S/C45H62N2/c1-36-32-38(20-26-42(36)34-40-22-28-44(46)29-23-40)18-16-14-12-10-8-6-4-3-5-7-9-11-13-15-17-19-39-21-27-43(37(2)33-39)35-41-24-30-45(47)31-25-41/h20-33H,3-19,34-35,46-47H2,1-2H3. The third-order valence-corrected chi connectivity index (χ3v) is 9.99. The highest BCUT2D eigenvalue weighted by molar-refractivity contribution is 5.43. The van der Waals surface area contributed by atoms with Gasteiger partial charge in [0.15, 0.2) is 0 Å². The number of nitrogens with two attached hydrogens (primary N) is 2. The van der Waals surface area contributed by atoms with Crippen LogP contribution in [0.1, 0.15) is 141 Å². The summed E-state index contributed by atoms with van der Waals surface area (Å²) in [5, 5.41) is 0. The number of hydrogen-bond acceptors (Lipinski definition) is 2. The topological polar surface area (TPSA) is 52.0 Å². The molecule has 4 aromatic carbocycles. The lowest BCUT2D eigenvalue weighted by Gasteiger charge is -2.10. The van der Waals surface area contributed by atoms with Crippen LogP contribution in [0.3, 0.4) is 0 Å². The van der Waals surface area contributed by atoms with Gasteiger partial charge in [0, 0.05) is 11.4 Å². The molecular formula is C45H62N2. The highest BCUT2D eigenvalue weighted by Gasteiger charge is 2.05. The minimum atomic E-state index is 0.834. The fourth-order valence-electron chi connectivity index (χ4n) is 6.89. The first-order chi connectivity index (χ1) is 23.0. The molecule has 0 heterocycles. The van der Waals surface area contributed by atoms with Crippen LogP contribution in [-0.4, -0.2) is 0 Å². The molecular weight excluding hydrogens is 569 g/mol. The smallest absolute Gasteiger partial charge is 0.0314 e. The SMILES string of the molecule is Cc1cc(CCCCCCCCCCCCCCCCCc2ccc(Cc3ccc(N)cc3)c(C)c2)ccc1Cc1ccc(N)cc1. The maximum atomic E-state index is 5.83. The number of nitrogen functional groups attached to an aromatic ring is 2. The second-order valence-electron chi connectivity index (χ2n) is 14.2. The molecule has 0 saturated carbocycles. The minimum Gasteiger partial charge on any atom is -0.399 e. The van der Waals surface area contributed by atoms with E-state index in [1.807, 2.05) is 24.3 Å². The van der Waals surface area contributed by atoms with Gasteiger partial charge in [-0.25, -0.2) is 0 Å². The molecule has 0 saturated heterocycles. The maximum Gasteiger partial charge on any atom is 0.0314 e. The molecule has 2 nitrogen and oxygen atoms in total. The normalized spacial score (nSPS) is 11.3. The molecule has 0 unspecified atom stereocenters. The summed E-state index contributed by atoms with van der Waals surface area (Å²) in [5.41, 5.74) is 24.6. The first kappa shape index (κ1) is 36.3. The summed E-state index contributed by atoms with van der Waals surface area (Å²) < 4.78 is 0. The van der Waals surface area contributed by atoms with Gasteiger partial charge in [-0.15, -0.1) is 0 Å². The second-order valence-corrected chi connectivity index (χ2v) is 14.2. The number of aryl methyl sites for hydroxylation is 4. The molecule has 0 fully saturated rings. The van der Waals surface area contributed by atoms with E-state index in [1.54, 1.807) is 0 Å². The van der Waals surface area contributed by atoms with E-state index in [2.05, 4.69) is 74.5 Å². The summed E-state index contributed by atoms with van der Waals surface area (Å²) in [6.07, 6.45) is 25.3. The third-order valence-electron chi connectivity index (χ3n) is 9.99. The minimum absolute atomic E-state index is 0.834. The molecule has 0 aromatic heterocycles. The first-order valence-corrected chi connectivity index (χ1v) is 18.8. The van der Waals surface area contributed by atoms with Crippen LogP contribution in [0.5, 0.6) is 0 Å². The van der Waals surface area contributed by atoms with Crippen LogP contribution in [0, 0.1) is 13.8 Å². The van der Waals surface area contributed by atoms with Crippen molar-refractivity contribution in [3.8, 4) is 0 Å². The molecule has 0 bridgehead atoms. The molecule has 0 aliphatic heterocycles. The summed E-state index contributed by atoms with van der Waals surface area (Å²) >= 11 is 0. The van der Waals surface area contributed by atoms with Crippen LogP contribution < -0.4 is 11.5 Å². The van der Waals surface area contributed by atoms with Crippen LogP contribution in [0.25, 0.3) is 0 Å². The van der Waals surface area contributed by atoms with Crippen LogP contribution in [0.15, 0.2) is 84.9 Å². The summed E-state index contributed by atoms with van der Waals surface area (Å²) in [7, 11) is 0. The summed E-state index contributed by atoms with van der Waals surface area (Å²) in [4.78, 5) is 0. The molecule has 4 N–H and O–H groups in total. The van der Waals surface area contributed by atoms with E-state index in [1.165, 1.54) is 154 Å². The Morgan fingerprint density at radius 2 is 0.617 bits per heavy atom. The van der Waals surface area contributed by atoms with Crippen molar-refractivity contribution in [2.24, 2.45) is 0 Å². The Balaban J connectivity index is 0.917. The zero-order valence-electron chi connectivity index (χ0n) is 29.7. The van der Waals surface area contributed by atoms with Crippen LogP contribution >= 0.6 is 0 Å². The highest BCUT2D eigenvalue weighted by atomic mass is 14.5. The van der Waals surface area contributed by atoms with Crippen LogP contribution in [0.2, 0.25) is 0 Å².